The Kier molecular flexibility index (Phi) is 6.25. The van der Waals surface area contributed by atoms with Crippen molar-refractivity contribution < 1.29 is 0 Å². The lowest BCUT2D eigenvalue weighted by molar-refractivity contribution is 0.828. The third kappa shape index (κ3) is 3.70. The van der Waals surface area contributed by atoms with E-state index in [0.29, 0.717) is 11.8 Å². The van der Waals surface area contributed by atoms with Crippen LogP contribution in [0.3, 0.4) is 0 Å². The van der Waals surface area contributed by atoms with Crippen molar-refractivity contribution in [2.24, 2.45) is 0 Å². The van der Waals surface area contributed by atoms with Gasteiger partial charge in [0.05, 0.1) is 0 Å². The summed E-state index contributed by atoms with van der Waals surface area (Å²) in [5.41, 5.74) is 12.8. The molecule has 0 fully saturated rings. The topological polar surface area (TPSA) is 0 Å². The zero-order valence-electron chi connectivity index (χ0n) is 18.7. The SMILES string of the molecule is CCC1=Cc2c(CC)cccc2C1C[SiH2]CC1C(CC)=Cc2c(CC)cccc21. The van der Waals surface area contributed by atoms with Crippen LogP contribution in [-0.4, -0.2) is 9.52 Å². The van der Waals surface area contributed by atoms with Gasteiger partial charge in [-0.25, -0.2) is 0 Å². The van der Waals surface area contributed by atoms with Crippen LogP contribution in [0, 0.1) is 0 Å². The lowest BCUT2D eigenvalue weighted by Gasteiger charge is -2.20. The van der Waals surface area contributed by atoms with Crippen LogP contribution in [-0.2, 0) is 12.8 Å². The predicted molar refractivity (Wildman–Crippen MR) is 132 cm³/mol. The molecule has 2 atom stereocenters. The fraction of sp³-hybridized carbons (Fsp3) is 0.429. The molecule has 0 amide bonds. The van der Waals surface area contributed by atoms with Crippen molar-refractivity contribution in [1.82, 2.24) is 0 Å². The van der Waals surface area contributed by atoms with E-state index in [9.17, 15) is 0 Å². The summed E-state index contributed by atoms with van der Waals surface area (Å²) >= 11 is 0. The van der Waals surface area contributed by atoms with Crippen molar-refractivity contribution in [3.63, 3.8) is 0 Å². The molecule has 2 aromatic rings. The first-order valence-electron chi connectivity index (χ1n) is 11.9. The summed E-state index contributed by atoms with van der Waals surface area (Å²) in [6.45, 7) is 9.26. The molecule has 0 heterocycles. The van der Waals surface area contributed by atoms with Gasteiger partial charge in [0.2, 0.25) is 0 Å². The van der Waals surface area contributed by atoms with Crippen LogP contribution in [0.25, 0.3) is 12.2 Å². The number of allylic oxidation sites excluding steroid dienone is 2. The van der Waals surface area contributed by atoms with Gasteiger partial charge in [0, 0.05) is 21.4 Å². The zero-order valence-corrected chi connectivity index (χ0v) is 20.1. The van der Waals surface area contributed by atoms with Crippen LogP contribution in [0.2, 0.25) is 12.1 Å². The summed E-state index contributed by atoms with van der Waals surface area (Å²) in [7, 11) is -0.128. The molecular formula is C28H36Si. The van der Waals surface area contributed by atoms with Gasteiger partial charge in [-0.2, -0.15) is 0 Å². The molecule has 1 heteroatoms. The Hall–Kier alpha value is -1.86. The second-order valence-corrected chi connectivity index (χ2v) is 10.6. The summed E-state index contributed by atoms with van der Waals surface area (Å²) in [5.74, 6) is 1.40. The summed E-state index contributed by atoms with van der Waals surface area (Å²) in [6, 6.07) is 16.9. The van der Waals surface area contributed by atoms with Gasteiger partial charge < -0.3 is 0 Å². The van der Waals surface area contributed by atoms with Crippen molar-refractivity contribution in [3.05, 3.63) is 80.9 Å². The van der Waals surface area contributed by atoms with Gasteiger partial charge in [-0.1, -0.05) is 99.5 Å². The molecule has 4 rings (SSSR count). The number of hydrogen-bond acceptors (Lipinski definition) is 0. The molecule has 29 heavy (non-hydrogen) atoms. The average molecular weight is 401 g/mol. The molecule has 0 bridgehead atoms. The van der Waals surface area contributed by atoms with E-state index >= 15 is 0 Å². The summed E-state index contributed by atoms with van der Waals surface area (Å²) in [4.78, 5) is 0. The first kappa shape index (κ1) is 20.4. The van der Waals surface area contributed by atoms with E-state index in [1.807, 2.05) is 0 Å². The third-order valence-corrected chi connectivity index (χ3v) is 9.30. The molecule has 2 aliphatic carbocycles. The van der Waals surface area contributed by atoms with Gasteiger partial charge in [-0.3, -0.25) is 0 Å². The predicted octanol–water partition coefficient (Wildman–Crippen LogP) is 7.30. The molecule has 0 aromatic heterocycles. The molecule has 0 saturated heterocycles. The van der Waals surface area contributed by atoms with E-state index < -0.39 is 0 Å². The van der Waals surface area contributed by atoms with Crippen LogP contribution < -0.4 is 0 Å². The normalized spacial score (nSPS) is 20.1. The Labute approximate surface area is 180 Å². The Bertz CT molecular complexity index is 869. The fourth-order valence-electron chi connectivity index (χ4n) is 5.72. The Balaban J connectivity index is 1.51. The number of hydrogen-bond donors (Lipinski definition) is 0. The number of aryl methyl sites for hydroxylation is 2. The molecule has 0 saturated carbocycles. The highest BCUT2D eigenvalue weighted by molar-refractivity contribution is 6.36. The minimum absolute atomic E-state index is 0.128. The van der Waals surface area contributed by atoms with Crippen LogP contribution >= 0.6 is 0 Å². The van der Waals surface area contributed by atoms with Crippen molar-refractivity contribution >= 4 is 21.7 Å². The van der Waals surface area contributed by atoms with Crippen molar-refractivity contribution in [2.75, 3.05) is 0 Å². The quantitative estimate of drug-likeness (QED) is 0.408. The Morgan fingerprint density at radius 1 is 0.621 bits per heavy atom. The van der Waals surface area contributed by atoms with Gasteiger partial charge in [-0.15, -0.1) is 0 Å². The minimum Gasteiger partial charge on any atom is -0.0627 e. The Morgan fingerprint density at radius 2 is 1.07 bits per heavy atom. The molecule has 152 valence electrons. The highest BCUT2D eigenvalue weighted by Gasteiger charge is 2.28. The minimum atomic E-state index is -0.128. The number of fused-ring (bicyclic) bond motifs is 2. The van der Waals surface area contributed by atoms with Gasteiger partial charge in [0.1, 0.15) is 0 Å². The molecule has 0 aliphatic heterocycles. The fourth-order valence-corrected chi connectivity index (χ4v) is 8.13. The van der Waals surface area contributed by atoms with Gasteiger partial charge in [0.15, 0.2) is 0 Å². The largest absolute Gasteiger partial charge is 0.0627 e. The summed E-state index contributed by atoms with van der Waals surface area (Å²) < 4.78 is 0. The smallest absolute Gasteiger partial charge is 0.0218 e. The highest BCUT2D eigenvalue weighted by Crippen LogP contribution is 2.45. The number of rotatable bonds is 8. The Morgan fingerprint density at radius 3 is 1.45 bits per heavy atom. The van der Waals surface area contributed by atoms with Crippen molar-refractivity contribution in [2.45, 2.75) is 77.3 Å². The van der Waals surface area contributed by atoms with Crippen LogP contribution in [0.15, 0.2) is 47.5 Å². The molecule has 2 unspecified atom stereocenters. The van der Waals surface area contributed by atoms with Gasteiger partial charge in [0.25, 0.3) is 0 Å². The second-order valence-electron chi connectivity index (χ2n) is 8.73. The van der Waals surface area contributed by atoms with Gasteiger partial charge in [-0.05, 0) is 59.1 Å². The molecule has 2 aromatic carbocycles. The van der Waals surface area contributed by atoms with E-state index in [1.165, 1.54) is 36.1 Å². The first-order chi connectivity index (χ1) is 14.2. The average Bonchev–Trinajstić information content (AvgIpc) is 3.31. The number of benzene rings is 2. The standard InChI is InChI=1S/C28H36Si/c1-5-19-11-9-13-23-25(19)15-21(7-3)27(23)17-29-18-28-22(8-4)16-26-20(6-2)12-10-14-24(26)28/h9-16,27-28H,5-8,17-18,29H2,1-4H3. The highest BCUT2D eigenvalue weighted by atomic mass is 28.2. The van der Waals surface area contributed by atoms with E-state index in [-0.39, 0.29) is 9.52 Å². The second kappa shape index (κ2) is 8.88. The van der Waals surface area contributed by atoms with Crippen LogP contribution in [0.1, 0.15) is 85.8 Å². The monoisotopic (exact) mass is 400 g/mol. The lowest BCUT2D eigenvalue weighted by Crippen LogP contribution is -2.08. The molecule has 0 spiro atoms. The van der Waals surface area contributed by atoms with Gasteiger partial charge >= 0.3 is 0 Å². The summed E-state index contributed by atoms with van der Waals surface area (Å²) in [6.07, 6.45) is 9.74. The summed E-state index contributed by atoms with van der Waals surface area (Å²) in [5, 5.41) is 0. The first-order valence-corrected chi connectivity index (χ1v) is 13.9. The molecular weight excluding hydrogens is 364 g/mol. The maximum atomic E-state index is 2.53. The van der Waals surface area contributed by atoms with E-state index in [0.717, 1.165) is 12.8 Å². The maximum absolute atomic E-state index is 2.53. The van der Waals surface area contributed by atoms with E-state index in [4.69, 9.17) is 0 Å². The lowest BCUT2D eigenvalue weighted by atomic mass is 9.94. The third-order valence-electron chi connectivity index (χ3n) is 7.33. The van der Waals surface area contributed by atoms with Crippen LogP contribution in [0.5, 0.6) is 0 Å². The van der Waals surface area contributed by atoms with Crippen molar-refractivity contribution in [1.29, 1.82) is 0 Å². The molecule has 0 nitrogen and oxygen atoms in total. The molecule has 2 aliphatic rings. The van der Waals surface area contributed by atoms with Crippen LogP contribution in [0.4, 0.5) is 0 Å². The maximum Gasteiger partial charge on any atom is 0.0218 e. The van der Waals surface area contributed by atoms with E-state index in [1.54, 1.807) is 33.4 Å². The molecule has 0 N–H and O–H groups in total. The zero-order chi connectivity index (χ0) is 20.4. The van der Waals surface area contributed by atoms with Crippen molar-refractivity contribution in [3.8, 4) is 0 Å². The molecule has 0 radical (unpaired) electrons. The van der Waals surface area contributed by atoms with E-state index in [2.05, 4.69) is 76.2 Å².